The van der Waals surface area contributed by atoms with Crippen molar-refractivity contribution < 1.29 is 4.74 Å². The second-order valence-electron chi connectivity index (χ2n) is 3.54. The van der Waals surface area contributed by atoms with Gasteiger partial charge in [0.15, 0.2) is 0 Å². The van der Waals surface area contributed by atoms with Gasteiger partial charge in [-0.3, -0.25) is 0 Å². The predicted molar refractivity (Wildman–Crippen MR) is 46.8 cm³/mol. The van der Waals surface area contributed by atoms with Gasteiger partial charge in [0.25, 0.3) is 0 Å². The molecule has 1 aliphatic heterocycles. The number of ether oxygens (including phenoxy) is 1. The van der Waals surface area contributed by atoms with Crippen molar-refractivity contribution in [2.75, 3.05) is 19.7 Å². The summed E-state index contributed by atoms with van der Waals surface area (Å²) < 4.78 is 5.70. The lowest BCUT2D eigenvalue weighted by Gasteiger charge is -2.33. The largest absolute Gasteiger partial charge is 0.374 e. The molecular weight excluding hydrogens is 138 g/mol. The van der Waals surface area contributed by atoms with E-state index in [9.17, 15) is 0 Å². The molecule has 1 aliphatic rings. The van der Waals surface area contributed by atoms with Crippen LogP contribution in [0.4, 0.5) is 0 Å². The SMILES string of the molecule is CCNCC1(C)CCCCO1. The monoisotopic (exact) mass is 157 g/mol. The van der Waals surface area contributed by atoms with Gasteiger partial charge in [0.1, 0.15) is 0 Å². The Morgan fingerprint density at radius 1 is 1.45 bits per heavy atom. The van der Waals surface area contributed by atoms with E-state index in [2.05, 4.69) is 19.2 Å². The van der Waals surface area contributed by atoms with E-state index in [-0.39, 0.29) is 5.60 Å². The minimum absolute atomic E-state index is 0.119. The van der Waals surface area contributed by atoms with Gasteiger partial charge in [0.2, 0.25) is 0 Å². The van der Waals surface area contributed by atoms with E-state index in [1.807, 2.05) is 0 Å². The van der Waals surface area contributed by atoms with E-state index in [0.717, 1.165) is 19.7 Å². The maximum Gasteiger partial charge on any atom is 0.0778 e. The number of likely N-dealkylation sites (N-methyl/N-ethyl adjacent to an activating group) is 1. The molecule has 1 atom stereocenters. The summed E-state index contributed by atoms with van der Waals surface area (Å²) in [6, 6.07) is 0. The molecule has 0 aromatic rings. The van der Waals surface area contributed by atoms with Crippen molar-refractivity contribution in [1.29, 1.82) is 0 Å². The fourth-order valence-electron chi connectivity index (χ4n) is 1.52. The lowest BCUT2D eigenvalue weighted by atomic mass is 9.96. The summed E-state index contributed by atoms with van der Waals surface area (Å²) in [5.41, 5.74) is 0.119. The highest BCUT2D eigenvalue weighted by Crippen LogP contribution is 2.23. The van der Waals surface area contributed by atoms with Gasteiger partial charge in [-0.2, -0.15) is 0 Å². The van der Waals surface area contributed by atoms with Gasteiger partial charge in [-0.25, -0.2) is 0 Å². The third kappa shape index (κ3) is 2.80. The standard InChI is InChI=1S/C9H19NO/c1-3-10-8-9(2)6-4-5-7-11-9/h10H,3-8H2,1-2H3. The Hall–Kier alpha value is -0.0800. The number of nitrogens with one attached hydrogen (secondary N) is 1. The van der Waals surface area contributed by atoms with E-state index in [1.54, 1.807) is 0 Å². The molecule has 0 aliphatic carbocycles. The smallest absolute Gasteiger partial charge is 0.0778 e. The van der Waals surface area contributed by atoms with Crippen molar-refractivity contribution in [3.05, 3.63) is 0 Å². The molecule has 0 spiro atoms. The predicted octanol–water partition coefficient (Wildman–Crippen LogP) is 1.56. The third-order valence-corrected chi connectivity index (χ3v) is 2.30. The van der Waals surface area contributed by atoms with Gasteiger partial charge in [0.05, 0.1) is 5.60 Å². The van der Waals surface area contributed by atoms with Crippen molar-refractivity contribution in [1.82, 2.24) is 5.32 Å². The molecule has 66 valence electrons. The number of hydrogen-bond acceptors (Lipinski definition) is 2. The first-order valence-electron chi connectivity index (χ1n) is 4.61. The van der Waals surface area contributed by atoms with Gasteiger partial charge in [0, 0.05) is 13.2 Å². The van der Waals surface area contributed by atoms with Crippen molar-refractivity contribution in [3.8, 4) is 0 Å². The first kappa shape index (κ1) is 9.01. The Morgan fingerprint density at radius 3 is 2.82 bits per heavy atom. The third-order valence-electron chi connectivity index (χ3n) is 2.30. The molecule has 11 heavy (non-hydrogen) atoms. The normalized spacial score (nSPS) is 32.2. The minimum Gasteiger partial charge on any atom is -0.374 e. The summed E-state index contributed by atoms with van der Waals surface area (Å²) in [5, 5.41) is 3.33. The maximum atomic E-state index is 5.70. The van der Waals surface area contributed by atoms with Crippen LogP contribution in [0, 0.1) is 0 Å². The van der Waals surface area contributed by atoms with Crippen molar-refractivity contribution in [2.45, 2.75) is 38.7 Å². The first-order valence-corrected chi connectivity index (χ1v) is 4.61. The van der Waals surface area contributed by atoms with E-state index in [1.165, 1.54) is 19.3 Å². The molecule has 0 bridgehead atoms. The van der Waals surface area contributed by atoms with Crippen LogP contribution in [0.5, 0.6) is 0 Å². The Kier molecular flexibility index (Phi) is 3.34. The Labute approximate surface area is 69.3 Å². The highest BCUT2D eigenvalue weighted by molar-refractivity contribution is 4.80. The highest BCUT2D eigenvalue weighted by Gasteiger charge is 2.26. The Morgan fingerprint density at radius 2 is 2.27 bits per heavy atom. The van der Waals surface area contributed by atoms with Crippen LogP contribution >= 0.6 is 0 Å². The second-order valence-corrected chi connectivity index (χ2v) is 3.54. The molecule has 2 heteroatoms. The van der Waals surface area contributed by atoms with E-state index in [0.29, 0.717) is 0 Å². The van der Waals surface area contributed by atoms with E-state index < -0.39 is 0 Å². The lowest BCUT2D eigenvalue weighted by Crippen LogP contribution is -2.42. The zero-order chi connectivity index (χ0) is 8.16. The molecule has 0 amide bonds. The summed E-state index contributed by atoms with van der Waals surface area (Å²) in [4.78, 5) is 0. The zero-order valence-electron chi connectivity index (χ0n) is 7.65. The van der Waals surface area contributed by atoms with Gasteiger partial charge < -0.3 is 10.1 Å². The molecule has 1 rings (SSSR count). The van der Waals surface area contributed by atoms with Crippen LogP contribution in [0.1, 0.15) is 33.1 Å². The van der Waals surface area contributed by atoms with Gasteiger partial charge >= 0.3 is 0 Å². The number of hydrogen-bond donors (Lipinski definition) is 1. The van der Waals surface area contributed by atoms with Crippen LogP contribution in [-0.4, -0.2) is 25.3 Å². The molecular formula is C9H19NO. The molecule has 1 fully saturated rings. The van der Waals surface area contributed by atoms with Crippen LogP contribution in [0.3, 0.4) is 0 Å². The average Bonchev–Trinajstić information content (AvgIpc) is 2.03. The molecule has 1 saturated heterocycles. The Bertz CT molecular complexity index is 108. The van der Waals surface area contributed by atoms with Crippen LogP contribution < -0.4 is 5.32 Å². The molecule has 0 aromatic carbocycles. The van der Waals surface area contributed by atoms with Crippen molar-refractivity contribution in [2.24, 2.45) is 0 Å². The zero-order valence-corrected chi connectivity index (χ0v) is 7.65. The second kappa shape index (κ2) is 4.07. The molecule has 1 unspecified atom stereocenters. The summed E-state index contributed by atoms with van der Waals surface area (Å²) in [6.45, 7) is 7.32. The lowest BCUT2D eigenvalue weighted by molar-refractivity contribution is -0.0627. The summed E-state index contributed by atoms with van der Waals surface area (Å²) >= 11 is 0. The number of rotatable bonds is 3. The first-order chi connectivity index (χ1) is 5.27. The van der Waals surface area contributed by atoms with Crippen molar-refractivity contribution >= 4 is 0 Å². The van der Waals surface area contributed by atoms with Gasteiger partial charge in [-0.1, -0.05) is 6.92 Å². The Balaban J connectivity index is 2.25. The molecule has 0 aromatic heterocycles. The molecule has 1 heterocycles. The highest BCUT2D eigenvalue weighted by atomic mass is 16.5. The van der Waals surface area contributed by atoms with Crippen LogP contribution in [0.2, 0.25) is 0 Å². The van der Waals surface area contributed by atoms with Crippen LogP contribution in [0.15, 0.2) is 0 Å². The molecule has 2 nitrogen and oxygen atoms in total. The van der Waals surface area contributed by atoms with Crippen LogP contribution in [-0.2, 0) is 4.74 Å². The topological polar surface area (TPSA) is 21.3 Å². The van der Waals surface area contributed by atoms with E-state index >= 15 is 0 Å². The summed E-state index contributed by atoms with van der Waals surface area (Å²) in [6.07, 6.45) is 3.77. The fraction of sp³-hybridized carbons (Fsp3) is 1.00. The van der Waals surface area contributed by atoms with E-state index in [4.69, 9.17) is 4.74 Å². The molecule has 0 radical (unpaired) electrons. The van der Waals surface area contributed by atoms with Crippen LogP contribution in [0.25, 0.3) is 0 Å². The van der Waals surface area contributed by atoms with Crippen molar-refractivity contribution in [3.63, 3.8) is 0 Å². The summed E-state index contributed by atoms with van der Waals surface area (Å²) in [5.74, 6) is 0. The quantitative estimate of drug-likeness (QED) is 0.671. The maximum absolute atomic E-state index is 5.70. The molecule has 0 saturated carbocycles. The molecule has 1 N–H and O–H groups in total. The van der Waals surface area contributed by atoms with Gasteiger partial charge in [-0.05, 0) is 32.7 Å². The summed E-state index contributed by atoms with van der Waals surface area (Å²) in [7, 11) is 0. The average molecular weight is 157 g/mol. The minimum atomic E-state index is 0.119. The van der Waals surface area contributed by atoms with Gasteiger partial charge in [-0.15, -0.1) is 0 Å². The fourth-order valence-corrected chi connectivity index (χ4v) is 1.52.